The number of sulfonamides is 1. The number of rotatable bonds is 9. The number of nitrogens with zero attached hydrogens (tertiary/aromatic N) is 4. The highest BCUT2D eigenvalue weighted by Gasteiger charge is 2.33. The molecule has 1 heterocycles. The Hall–Kier alpha value is -4.29. The standard InChI is InChI=1S/C27H24BrN5O5S/c1-19-16-21(20(2)32(19)24-13-7-6-12-23(24)28)17-29-30-27(34)18-31(22-10-4-3-5-11-22)39(37,38)26-15-9-8-14-25(26)33(35)36/h3-17H,18H2,1-2H3,(H,30,34)/b29-17-. The van der Waals surface area contributed by atoms with Gasteiger partial charge in [-0.25, -0.2) is 13.8 Å². The zero-order chi connectivity index (χ0) is 28.2. The van der Waals surface area contributed by atoms with E-state index in [4.69, 9.17) is 0 Å². The summed E-state index contributed by atoms with van der Waals surface area (Å²) in [4.78, 5) is 23.1. The number of amides is 1. The van der Waals surface area contributed by atoms with Gasteiger partial charge in [0.25, 0.3) is 21.6 Å². The van der Waals surface area contributed by atoms with Crippen LogP contribution in [0.3, 0.4) is 0 Å². The predicted molar refractivity (Wildman–Crippen MR) is 153 cm³/mol. The van der Waals surface area contributed by atoms with E-state index in [1.807, 2.05) is 48.7 Å². The van der Waals surface area contributed by atoms with Crippen LogP contribution in [0, 0.1) is 24.0 Å². The van der Waals surface area contributed by atoms with E-state index in [0.29, 0.717) is 0 Å². The minimum atomic E-state index is -4.47. The minimum Gasteiger partial charge on any atom is -0.317 e. The number of carbonyl (C=O) groups excluding carboxylic acids is 1. The van der Waals surface area contributed by atoms with Gasteiger partial charge in [-0.3, -0.25) is 19.2 Å². The molecule has 0 aliphatic carbocycles. The maximum atomic E-state index is 13.5. The molecule has 0 bridgehead atoms. The number of carbonyl (C=O) groups is 1. The first-order valence-corrected chi connectivity index (χ1v) is 13.9. The van der Waals surface area contributed by atoms with Gasteiger partial charge in [0.2, 0.25) is 0 Å². The number of nitro benzene ring substituents is 1. The van der Waals surface area contributed by atoms with E-state index in [1.165, 1.54) is 30.5 Å². The van der Waals surface area contributed by atoms with Crippen LogP contribution in [0.5, 0.6) is 0 Å². The Morgan fingerprint density at radius 3 is 2.38 bits per heavy atom. The van der Waals surface area contributed by atoms with Crippen molar-refractivity contribution in [2.24, 2.45) is 5.10 Å². The summed E-state index contributed by atoms with van der Waals surface area (Å²) in [5, 5.41) is 15.5. The lowest BCUT2D eigenvalue weighted by Gasteiger charge is -2.23. The fourth-order valence-electron chi connectivity index (χ4n) is 4.12. The molecule has 0 aliphatic rings. The van der Waals surface area contributed by atoms with Crippen molar-refractivity contribution in [3.8, 4) is 5.69 Å². The average molecular weight is 610 g/mol. The second kappa shape index (κ2) is 11.6. The third-order valence-electron chi connectivity index (χ3n) is 5.92. The van der Waals surface area contributed by atoms with Crippen LogP contribution < -0.4 is 9.73 Å². The average Bonchev–Trinajstić information content (AvgIpc) is 3.20. The van der Waals surface area contributed by atoms with Crippen LogP contribution >= 0.6 is 15.9 Å². The normalized spacial score (nSPS) is 11.5. The number of hydrogen-bond donors (Lipinski definition) is 1. The van der Waals surface area contributed by atoms with Crippen molar-refractivity contribution in [3.63, 3.8) is 0 Å². The van der Waals surface area contributed by atoms with E-state index in [2.05, 4.69) is 26.5 Å². The predicted octanol–water partition coefficient (Wildman–Crippen LogP) is 5.11. The van der Waals surface area contributed by atoms with Crippen molar-refractivity contribution in [3.05, 3.63) is 116 Å². The first-order chi connectivity index (χ1) is 18.6. The van der Waals surface area contributed by atoms with E-state index in [1.54, 1.807) is 18.2 Å². The van der Waals surface area contributed by atoms with Crippen LogP contribution in [0.2, 0.25) is 0 Å². The van der Waals surface area contributed by atoms with Gasteiger partial charge in [-0.2, -0.15) is 5.10 Å². The lowest BCUT2D eigenvalue weighted by molar-refractivity contribution is -0.387. The highest BCUT2D eigenvalue weighted by atomic mass is 79.9. The van der Waals surface area contributed by atoms with Crippen molar-refractivity contribution in [1.29, 1.82) is 0 Å². The molecule has 0 saturated carbocycles. The molecule has 12 heteroatoms. The molecule has 0 unspecified atom stereocenters. The quantitative estimate of drug-likeness (QED) is 0.160. The molecule has 0 atom stereocenters. The summed E-state index contributed by atoms with van der Waals surface area (Å²) in [6, 6.07) is 22.6. The SMILES string of the molecule is Cc1cc(/C=N\NC(=O)CN(c2ccccc2)S(=O)(=O)c2ccccc2[N+](=O)[O-])c(C)n1-c1ccccc1Br. The van der Waals surface area contributed by atoms with Crippen molar-refractivity contribution in [1.82, 2.24) is 9.99 Å². The van der Waals surface area contributed by atoms with E-state index in [0.717, 1.165) is 43.5 Å². The van der Waals surface area contributed by atoms with Gasteiger partial charge in [-0.15, -0.1) is 0 Å². The maximum Gasteiger partial charge on any atom is 0.289 e. The highest BCUT2D eigenvalue weighted by Crippen LogP contribution is 2.30. The monoisotopic (exact) mass is 609 g/mol. The van der Waals surface area contributed by atoms with Gasteiger partial charge in [0.05, 0.1) is 22.5 Å². The summed E-state index contributed by atoms with van der Waals surface area (Å²) in [6.45, 7) is 3.23. The smallest absolute Gasteiger partial charge is 0.289 e. The zero-order valence-electron chi connectivity index (χ0n) is 21.0. The Morgan fingerprint density at radius 1 is 1.05 bits per heavy atom. The second-order valence-electron chi connectivity index (χ2n) is 8.48. The molecule has 0 saturated heterocycles. The summed E-state index contributed by atoms with van der Waals surface area (Å²) in [7, 11) is -4.47. The van der Waals surface area contributed by atoms with E-state index in [9.17, 15) is 23.3 Å². The largest absolute Gasteiger partial charge is 0.317 e. The molecule has 1 amide bonds. The molecule has 0 spiro atoms. The molecular formula is C27H24BrN5O5S. The number of aromatic nitrogens is 1. The number of nitrogens with one attached hydrogen (secondary N) is 1. The summed E-state index contributed by atoms with van der Waals surface area (Å²) >= 11 is 3.57. The van der Waals surface area contributed by atoms with E-state index < -0.39 is 38.0 Å². The van der Waals surface area contributed by atoms with Crippen molar-refractivity contribution in [2.45, 2.75) is 18.7 Å². The third-order valence-corrected chi connectivity index (χ3v) is 8.41. The number of nitro groups is 1. The first kappa shape index (κ1) is 27.7. The van der Waals surface area contributed by atoms with Gasteiger partial charge in [0.1, 0.15) is 6.54 Å². The molecule has 10 nitrogen and oxygen atoms in total. The third kappa shape index (κ3) is 5.91. The number of anilines is 1. The van der Waals surface area contributed by atoms with Crippen LogP contribution in [-0.4, -0.2) is 36.6 Å². The minimum absolute atomic E-state index is 0.173. The molecule has 0 fully saturated rings. The number of hydrogen-bond acceptors (Lipinski definition) is 6. The Kier molecular flexibility index (Phi) is 8.27. The molecule has 4 rings (SSSR count). The summed E-state index contributed by atoms with van der Waals surface area (Å²) in [5.41, 5.74) is 5.52. The van der Waals surface area contributed by atoms with Gasteiger partial charge in [0, 0.05) is 27.5 Å². The fraction of sp³-hybridized carbons (Fsp3) is 0.111. The molecule has 39 heavy (non-hydrogen) atoms. The molecule has 0 radical (unpaired) electrons. The van der Waals surface area contributed by atoms with E-state index in [-0.39, 0.29) is 5.69 Å². The van der Waals surface area contributed by atoms with Crippen LogP contribution in [0.1, 0.15) is 17.0 Å². The maximum absolute atomic E-state index is 13.5. The molecule has 0 aliphatic heterocycles. The highest BCUT2D eigenvalue weighted by molar-refractivity contribution is 9.10. The Morgan fingerprint density at radius 2 is 1.69 bits per heavy atom. The van der Waals surface area contributed by atoms with Gasteiger partial charge in [-0.05, 0) is 66.2 Å². The number of aryl methyl sites for hydroxylation is 1. The first-order valence-electron chi connectivity index (χ1n) is 11.7. The number of hydrazone groups is 1. The number of benzene rings is 3. The Bertz CT molecular complexity index is 1670. The zero-order valence-corrected chi connectivity index (χ0v) is 23.4. The Balaban J connectivity index is 1.58. The summed E-state index contributed by atoms with van der Waals surface area (Å²) < 4.78 is 30.8. The fourth-order valence-corrected chi connectivity index (χ4v) is 6.16. The van der Waals surface area contributed by atoms with Crippen LogP contribution in [0.15, 0.2) is 99.4 Å². The van der Waals surface area contributed by atoms with Crippen molar-refractivity contribution in [2.75, 3.05) is 10.8 Å². The second-order valence-corrected chi connectivity index (χ2v) is 11.2. The van der Waals surface area contributed by atoms with Crippen molar-refractivity contribution >= 4 is 49.4 Å². The topological polar surface area (TPSA) is 127 Å². The lowest BCUT2D eigenvalue weighted by Crippen LogP contribution is -2.39. The van der Waals surface area contributed by atoms with Gasteiger partial charge in [-0.1, -0.05) is 42.5 Å². The molecule has 4 aromatic rings. The number of halogens is 1. The van der Waals surface area contributed by atoms with Crippen molar-refractivity contribution < 1.29 is 18.1 Å². The van der Waals surface area contributed by atoms with E-state index >= 15 is 0 Å². The molecule has 3 aromatic carbocycles. The van der Waals surface area contributed by atoms with Crippen LogP contribution in [-0.2, 0) is 14.8 Å². The summed E-state index contributed by atoms with van der Waals surface area (Å²) in [6.07, 6.45) is 1.48. The molecule has 1 aromatic heterocycles. The van der Waals surface area contributed by atoms with Gasteiger partial charge in [0.15, 0.2) is 4.90 Å². The van der Waals surface area contributed by atoms with Crippen LogP contribution in [0.25, 0.3) is 5.69 Å². The van der Waals surface area contributed by atoms with Crippen LogP contribution in [0.4, 0.5) is 11.4 Å². The molecular weight excluding hydrogens is 586 g/mol. The molecule has 200 valence electrons. The molecule has 1 N–H and O–H groups in total. The Labute approximate surface area is 233 Å². The lowest BCUT2D eigenvalue weighted by atomic mass is 10.2. The van der Waals surface area contributed by atoms with Gasteiger partial charge >= 0.3 is 0 Å². The van der Waals surface area contributed by atoms with Gasteiger partial charge < -0.3 is 4.57 Å². The summed E-state index contributed by atoms with van der Waals surface area (Å²) in [5.74, 6) is -0.725. The number of para-hydroxylation sites is 3.